The van der Waals surface area contributed by atoms with Crippen LogP contribution in [0.3, 0.4) is 0 Å². The molecule has 1 aliphatic rings. The van der Waals surface area contributed by atoms with Gasteiger partial charge in [-0.25, -0.2) is 8.42 Å². The van der Waals surface area contributed by atoms with E-state index in [0.29, 0.717) is 12.1 Å². The Kier molecular flexibility index (Phi) is 6.15. The van der Waals surface area contributed by atoms with Crippen molar-refractivity contribution in [3.63, 3.8) is 0 Å². The molecule has 146 valence electrons. The highest BCUT2D eigenvalue weighted by Gasteiger charge is 2.31. The van der Waals surface area contributed by atoms with Crippen LogP contribution in [0.15, 0.2) is 59.5 Å². The third kappa shape index (κ3) is 4.42. The molecule has 3 rings (SSSR count). The molecule has 1 unspecified atom stereocenters. The first kappa shape index (κ1) is 20.1. The van der Waals surface area contributed by atoms with Crippen molar-refractivity contribution in [3.05, 3.63) is 65.7 Å². The molecule has 28 heavy (non-hydrogen) atoms. The normalized spacial score (nSPS) is 17.9. The average molecular weight is 398 g/mol. The van der Waals surface area contributed by atoms with Gasteiger partial charge < -0.3 is 9.80 Å². The molecule has 0 radical (unpaired) electrons. The van der Waals surface area contributed by atoms with Gasteiger partial charge in [-0.3, -0.25) is 4.79 Å². The minimum Gasteiger partial charge on any atom is -0.329 e. The fourth-order valence-corrected chi connectivity index (χ4v) is 4.28. The van der Waals surface area contributed by atoms with Crippen LogP contribution in [0.5, 0.6) is 0 Å². The van der Waals surface area contributed by atoms with E-state index in [0.717, 1.165) is 18.7 Å². The molecule has 0 aliphatic carbocycles. The van der Waals surface area contributed by atoms with Crippen LogP contribution in [0.2, 0.25) is 0 Å². The maximum absolute atomic E-state index is 13.2. The first-order chi connectivity index (χ1) is 13.4. The van der Waals surface area contributed by atoms with E-state index in [2.05, 4.69) is 15.5 Å². The summed E-state index contributed by atoms with van der Waals surface area (Å²) in [6.07, 6.45) is 5.13. The standard InChI is InChI=1S/C21H23N3O3S/c1-3-12-22-28(26,27)19-11-7-10-18(15-19)21(25)24-14-13-23(2)16-20(24)17-8-5-4-6-9-17/h1,4-11,15,20,22H,12-14,16H2,2H3. The summed E-state index contributed by atoms with van der Waals surface area (Å²) in [6.45, 7) is 1.95. The van der Waals surface area contributed by atoms with Crippen molar-refractivity contribution in [1.29, 1.82) is 0 Å². The van der Waals surface area contributed by atoms with Crippen molar-refractivity contribution in [3.8, 4) is 12.3 Å². The van der Waals surface area contributed by atoms with E-state index in [-0.39, 0.29) is 23.4 Å². The Bertz CT molecular complexity index is 983. The summed E-state index contributed by atoms with van der Waals surface area (Å²) < 4.78 is 27.0. The SMILES string of the molecule is C#CCNS(=O)(=O)c1cccc(C(=O)N2CCN(C)CC2c2ccccc2)c1. The maximum Gasteiger partial charge on any atom is 0.254 e. The number of benzene rings is 2. The number of hydrogen-bond donors (Lipinski definition) is 1. The van der Waals surface area contributed by atoms with Gasteiger partial charge in [-0.1, -0.05) is 42.3 Å². The predicted octanol–water partition coefficient (Wildman–Crippen LogP) is 1.73. The number of nitrogens with one attached hydrogen (secondary N) is 1. The molecule has 1 N–H and O–H groups in total. The zero-order valence-electron chi connectivity index (χ0n) is 15.7. The molecule has 0 aromatic heterocycles. The summed E-state index contributed by atoms with van der Waals surface area (Å²) in [4.78, 5) is 17.3. The van der Waals surface area contributed by atoms with E-state index in [9.17, 15) is 13.2 Å². The highest BCUT2D eigenvalue weighted by atomic mass is 32.2. The lowest BCUT2D eigenvalue weighted by Gasteiger charge is -2.40. The predicted molar refractivity (Wildman–Crippen MR) is 108 cm³/mol. The summed E-state index contributed by atoms with van der Waals surface area (Å²) >= 11 is 0. The highest BCUT2D eigenvalue weighted by molar-refractivity contribution is 7.89. The molecule has 0 saturated carbocycles. The number of amides is 1. The molecule has 7 heteroatoms. The number of likely N-dealkylation sites (N-methyl/N-ethyl adjacent to an activating group) is 1. The van der Waals surface area contributed by atoms with Gasteiger partial charge in [-0.2, -0.15) is 4.72 Å². The minimum atomic E-state index is -3.76. The molecule has 0 spiro atoms. The van der Waals surface area contributed by atoms with E-state index in [1.165, 1.54) is 12.1 Å². The second kappa shape index (κ2) is 8.57. The zero-order valence-corrected chi connectivity index (χ0v) is 16.5. The smallest absolute Gasteiger partial charge is 0.254 e. The molecule has 6 nitrogen and oxygen atoms in total. The second-order valence-corrected chi connectivity index (χ2v) is 8.51. The van der Waals surface area contributed by atoms with E-state index in [1.54, 1.807) is 12.1 Å². The van der Waals surface area contributed by atoms with Crippen LogP contribution < -0.4 is 4.72 Å². The molecule has 1 fully saturated rings. The Morgan fingerprint density at radius 3 is 2.64 bits per heavy atom. The summed E-state index contributed by atoms with van der Waals surface area (Å²) in [5.41, 5.74) is 1.40. The molecular weight excluding hydrogens is 374 g/mol. The molecule has 1 saturated heterocycles. The lowest BCUT2D eigenvalue weighted by Crippen LogP contribution is -2.49. The first-order valence-electron chi connectivity index (χ1n) is 9.00. The number of rotatable bonds is 5. The Hall–Kier alpha value is -2.66. The molecule has 1 heterocycles. The first-order valence-corrected chi connectivity index (χ1v) is 10.5. The van der Waals surface area contributed by atoms with Gasteiger partial charge in [0.05, 0.1) is 17.5 Å². The van der Waals surface area contributed by atoms with Crippen molar-refractivity contribution in [2.75, 3.05) is 33.2 Å². The number of sulfonamides is 1. The van der Waals surface area contributed by atoms with Gasteiger partial charge in [0.25, 0.3) is 5.91 Å². The van der Waals surface area contributed by atoms with Crippen LogP contribution in [0.1, 0.15) is 22.0 Å². The monoisotopic (exact) mass is 397 g/mol. The van der Waals surface area contributed by atoms with Crippen LogP contribution in [-0.4, -0.2) is 57.4 Å². The van der Waals surface area contributed by atoms with Crippen molar-refractivity contribution >= 4 is 15.9 Å². The zero-order chi connectivity index (χ0) is 20.1. The van der Waals surface area contributed by atoms with Crippen molar-refractivity contribution in [2.45, 2.75) is 10.9 Å². The van der Waals surface area contributed by atoms with Gasteiger partial charge in [-0.15, -0.1) is 6.42 Å². The molecule has 1 amide bonds. The van der Waals surface area contributed by atoms with E-state index >= 15 is 0 Å². The minimum absolute atomic E-state index is 0.0268. The van der Waals surface area contributed by atoms with Crippen LogP contribution >= 0.6 is 0 Å². The quantitative estimate of drug-likeness (QED) is 0.780. The second-order valence-electron chi connectivity index (χ2n) is 6.74. The summed E-state index contributed by atoms with van der Waals surface area (Å²) in [6, 6.07) is 15.9. The number of piperazine rings is 1. The largest absolute Gasteiger partial charge is 0.329 e. The van der Waals surface area contributed by atoms with Crippen LogP contribution in [-0.2, 0) is 10.0 Å². The van der Waals surface area contributed by atoms with Gasteiger partial charge >= 0.3 is 0 Å². The summed E-state index contributed by atoms with van der Waals surface area (Å²) in [7, 11) is -1.73. The molecule has 1 atom stereocenters. The average Bonchev–Trinajstić information content (AvgIpc) is 2.72. The number of nitrogens with zero attached hydrogens (tertiary/aromatic N) is 2. The third-order valence-corrected chi connectivity index (χ3v) is 6.18. The Labute approximate surface area is 166 Å². The van der Waals surface area contributed by atoms with Crippen LogP contribution in [0.4, 0.5) is 0 Å². The van der Waals surface area contributed by atoms with Gasteiger partial charge in [0, 0.05) is 25.2 Å². The number of hydrogen-bond acceptors (Lipinski definition) is 4. The number of carbonyl (C=O) groups excluding carboxylic acids is 1. The van der Waals surface area contributed by atoms with E-state index in [4.69, 9.17) is 6.42 Å². The molecule has 0 bridgehead atoms. The molecule has 2 aromatic carbocycles. The Morgan fingerprint density at radius 1 is 1.18 bits per heavy atom. The fourth-order valence-electron chi connectivity index (χ4n) is 3.31. The van der Waals surface area contributed by atoms with Gasteiger partial charge in [0.1, 0.15) is 0 Å². The van der Waals surface area contributed by atoms with Crippen LogP contribution in [0.25, 0.3) is 0 Å². The number of terminal acetylenes is 1. The van der Waals surface area contributed by atoms with Crippen molar-refractivity contribution < 1.29 is 13.2 Å². The lowest BCUT2D eigenvalue weighted by atomic mass is 10.0. The van der Waals surface area contributed by atoms with Crippen LogP contribution in [0, 0.1) is 12.3 Å². The topological polar surface area (TPSA) is 69.7 Å². The third-order valence-electron chi connectivity index (χ3n) is 4.78. The summed E-state index contributed by atoms with van der Waals surface area (Å²) in [5, 5.41) is 0. The van der Waals surface area contributed by atoms with E-state index in [1.807, 2.05) is 42.3 Å². The molecule has 1 aliphatic heterocycles. The van der Waals surface area contributed by atoms with Crippen molar-refractivity contribution in [1.82, 2.24) is 14.5 Å². The molecular formula is C21H23N3O3S. The van der Waals surface area contributed by atoms with Gasteiger partial charge in [0.2, 0.25) is 10.0 Å². The van der Waals surface area contributed by atoms with Crippen molar-refractivity contribution in [2.24, 2.45) is 0 Å². The highest BCUT2D eigenvalue weighted by Crippen LogP contribution is 2.27. The Morgan fingerprint density at radius 2 is 1.93 bits per heavy atom. The van der Waals surface area contributed by atoms with E-state index < -0.39 is 10.0 Å². The fraction of sp³-hybridized carbons (Fsp3) is 0.286. The van der Waals surface area contributed by atoms with Gasteiger partial charge in [-0.05, 0) is 30.8 Å². The Balaban J connectivity index is 1.90. The molecule has 2 aromatic rings. The van der Waals surface area contributed by atoms with Gasteiger partial charge in [0.15, 0.2) is 0 Å². The summed E-state index contributed by atoms with van der Waals surface area (Å²) in [5.74, 6) is 2.06. The lowest BCUT2D eigenvalue weighted by molar-refractivity contribution is 0.0498. The maximum atomic E-state index is 13.2. The number of carbonyl (C=O) groups is 1.